The van der Waals surface area contributed by atoms with E-state index in [0.29, 0.717) is 5.56 Å². The summed E-state index contributed by atoms with van der Waals surface area (Å²) in [5.41, 5.74) is 5.15. The molecule has 0 aliphatic heterocycles. The Morgan fingerprint density at radius 1 is 1.12 bits per heavy atom. The molecule has 1 aromatic heterocycles. The van der Waals surface area contributed by atoms with E-state index in [-0.39, 0.29) is 5.91 Å². The van der Waals surface area contributed by atoms with Crippen LogP contribution in [0.2, 0.25) is 0 Å². The van der Waals surface area contributed by atoms with Crippen molar-refractivity contribution >= 4 is 17.7 Å². The third-order valence-corrected chi connectivity index (χ3v) is 5.21. The average molecular weight is 367 g/mol. The number of thioether (sulfide) groups is 1. The average Bonchev–Trinajstić information content (AvgIpc) is 3.10. The molecular formula is C19H21N5OS. The number of hydrogen-bond donors (Lipinski definition) is 0. The standard InChI is InChI=1S/C19H21N5OS/c1-13-6-5-7-17(14(13)2)24-19(20-21-22-24)26-12-15-8-10-16(11-9-15)18(25)23(3)4/h5-11H,12H2,1-4H3. The van der Waals surface area contributed by atoms with E-state index in [2.05, 4.69) is 35.4 Å². The quantitative estimate of drug-likeness (QED) is 0.648. The lowest BCUT2D eigenvalue weighted by molar-refractivity contribution is 0.0827. The SMILES string of the molecule is Cc1cccc(-n2nnnc2SCc2ccc(C(=O)N(C)C)cc2)c1C. The number of aryl methyl sites for hydroxylation is 1. The number of carbonyl (C=O) groups excluding carboxylic acids is 1. The molecule has 6 nitrogen and oxygen atoms in total. The van der Waals surface area contributed by atoms with Gasteiger partial charge in [-0.2, -0.15) is 4.68 Å². The van der Waals surface area contributed by atoms with Crippen molar-refractivity contribution in [1.29, 1.82) is 0 Å². The lowest BCUT2D eigenvalue weighted by Gasteiger charge is -2.11. The van der Waals surface area contributed by atoms with Crippen LogP contribution in [0.4, 0.5) is 0 Å². The van der Waals surface area contributed by atoms with Crippen molar-refractivity contribution in [2.45, 2.75) is 24.8 Å². The molecule has 0 bridgehead atoms. The summed E-state index contributed by atoms with van der Waals surface area (Å²) in [7, 11) is 3.50. The van der Waals surface area contributed by atoms with Crippen molar-refractivity contribution in [3.05, 3.63) is 64.7 Å². The first-order valence-electron chi connectivity index (χ1n) is 8.25. The van der Waals surface area contributed by atoms with E-state index in [9.17, 15) is 4.79 Å². The summed E-state index contributed by atoms with van der Waals surface area (Å²) in [6, 6.07) is 13.7. The highest BCUT2D eigenvalue weighted by Gasteiger charge is 2.13. The van der Waals surface area contributed by atoms with E-state index in [1.807, 2.05) is 36.4 Å². The third kappa shape index (κ3) is 3.77. The zero-order valence-corrected chi connectivity index (χ0v) is 16.1. The summed E-state index contributed by atoms with van der Waals surface area (Å²) >= 11 is 1.57. The van der Waals surface area contributed by atoms with Gasteiger partial charge in [0.25, 0.3) is 5.91 Å². The number of tetrazole rings is 1. The number of amides is 1. The molecule has 0 spiro atoms. The number of rotatable bonds is 5. The number of benzene rings is 2. The Kier molecular flexibility index (Phi) is 5.37. The molecular weight excluding hydrogens is 346 g/mol. The minimum atomic E-state index is 0.00284. The molecule has 0 N–H and O–H groups in total. The smallest absolute Gasteiger partial charge is 0.253 e. The summed E-state index contributed by atoms with van der Waals surface area (Å²) in [6.07, 6.45) is 0. The minimum absolute atomic E-state index is 0.00284. The molecule has 7 heteroatoms. The van der Waals surface area contributed by atoms with Crippen LogP contribution < -0.4 is 0 Å². The second-order valence-corrected chi connectivity index (χ2v) is 7.22. The summed E-state index contributed by atoms with van der Waals surface area (Å²) in [5.74, 6) is 0.727. The van der Waals surface area contributed by atoms with Gasteiger partial charge in [0, 0.05) is 25.4 Å². The summed E-state index contributed by atoms with van der Waals surface area (Å²) < 4.78 is 1.77. The molecule has 1 heterocycles. The van der Waals surface area contributed by atoms with Crippen LogP contribution in [-0.4, -0.2) is 45.1 Å². The van der Waals surface area contributed by atoms with E-state index >= 15 is 0 Å². The molecule has 0 saturated heterocycles. The van der Waals surface area contributed by atoms with Crippen molar-refractivity contribution in [3.63, 3.8) is 0 Å². The lowest BCUT2D eigenvalue weighted by Crippen LogP contribution is -2.21. The van der Waals surface area contributed by atoms with Gasteiger partial charge < -0.3 is 4.90 Å². The maximum Gasteiger partial charge on any atom is 0.253 e. The number of nitrogens with zero attached hydrogens (tertiary/aromatic N) is 5. The van der Waals surface area contributed by atoms with Crippen LogP contribution in [0.15, 0.2) is 47.6 Å². The maximum atomic E-state index is 12.0. The zero-order chi connectivity index (χ0) is 18.7. The first-order chi connectivity index (χ1) is 12.5. The zero-order valence-electron chi connectivity index (χ0n) is 15.3. The first-order valence-corrected chi connectivity index (χ1v) is 9.24. The molecule has 0 saturated carbocycles. The topological polar surface area (TPSA) is 63.9 Å². The van der Waals surface area contributed by atoms with Gasteiger partial charge in [-0.3, -0.25) is 4.79 Å². The Bertz CT molecular complexity index is 918. The Balaban J connectivity index is 1.75. The van der Waals surface area contributed by atoms with E-state index in [0.717, 1.165) is 27.7 Å². The van der Waals surface area contributed by atoms with Crippen molar-refractivity contribution in [2.24, 2.45) is 0 Å². The monoisotopic (exact) mass is 367 g/mol. The molecule has 0 unspecified atom stereocenters. The first kappa shape index (κ1) is 18.1. The van der Waals surface area contributed by atoms with Gasteiger partial charge in [-0.05, 0) is 59.2 Å². The molecule has 2 aromatic carbocycles. The summed E-state index contributed by atoms with van der Waals surface area (Å²) in [6.45, 7) is 4.15. The Morgan fingerprint density at radius 3 is 2.54 bits per heavy atom. The molecule has 0 aliphatic carbocycles. The number of aromatic nitrogens is 4. The van der Waals surface area contributed by atoms with Crippen LogP contribution >= 0.6 is 11.8 Å². The maximum absolute atomic E-state index is 12.0. The van der Waals surface area contributed by atoms with Crippen LogP contribution in [0.5, 0.6) is 0 Å². The van der Waals surface area contributed by atoms with Crippen molar-refractivity contribution in [2.75, 3.05) is 14.1 Å². The van der Waals surface area contributed by atoms with Crippen LogP contribution in [0.25, 0.3) is 5.69 Å². The molecule has 134 valence electrons. The predicted octanol–water partition coefficient (Wildman–Crippen LogP) is 3.27. The second kappa shape index (κ2) is 7.70. The minimum Gasteiger partial charge on any atom is -0.345 e. The van der Waals surface area contributed by atoms with Crippen LogP contribution in [0.3, 0.4) is 0 Å². The van der Waals surface area contributed by atoms with Gasteiger partial charge in [0.1, 0.15) is 0 Å². The van der Waals surface area contributed by atoms with E-state index in [4.69, 9.17) is 0 Å². The highest BCUT2D eigenvalue weighted by Crippen LogP contribution is 2.25. The van der Waals surface area contributed by atoms with E-state index in [1.54, 1.807) is 35.4 Å². The van der Waals surface area contributed by atoms with Gasteiger partial charge in [0.15, 0.2) is 0 Å². The van der Waals surface area contributed by atoms with Gasteiger partial charge in [-0.25, -0.2) is 0 Å². The molecule has 26 heavy (non-hydrogen) atoms. The largest absolute Gasteiger partial charge is 0.345 e. The summed E-state index contributed by atoms with van der Waals surface area (Å²) in [4.78, 5) is 13.5. The third-order valence-electron chi connectivity index (χ3n) is 4.22. The molecule has 3 aromatic rings. The van der Waals surface area contributed by atoms with Crippen molar-refractivity contribution in [1.82, 2.24) is 25.1 Å². The van der Waals surface area contributed by atoms with Gasteiger partial charge in [0.05, 0.1) is 5.69 Å². The molecule has 1 amide bonds. The highest BCUT2D eigenvalue weighted by molar-refractivity contribution is 7.98. The van der Waals surface area contributed by atoms with Gasteiger partial charge in [-0.15, -0.1) is 5.10 Å². The van der Waals surface area contributed by atoms with Gasteiger partial charge in [-0.1, -0.05) is 36.0 Å². The predicted molar refractivity (Wildman–Crippen MR) is 103 cm³/mol. The highest BCUT2D eigenvalue weighted by atomic mass is 32.2. The lowest BCUT2D eigenvalue weighted by atomic mass is 10.1. The van der Waals surface area contributed by atoms with Gasteiger partial charge in [0.2, 0.25) is 5.16 Å². The van der Waals surface area contributed by atoms with Crippen molar-refractivity contribution in [3.8, 4) is 5.69 Å². The Labute approximate surface area is 157 Å². The molecule has 0 aliphatic rings. The normalized spacial score (nSPS) is 10.8. The Morgan fingerprint density at radius 2 is 1.85 bits per heavy atom. The molecule has 0 radical (unpaired) electrons. The van der Waals surface area contributed by atoms with Crippen LogP contribution in [-0.2, 0) is 5.75 Å². The van der Waals surface area contributed by atoms with Crippen LogP contribution in [0.1, 0.15) is 27.0 Å². The molecule has 0 atom stereocenters. The van der Waals surface area contributed by atoms with Crippen LogP contribution in [0, 0.1) is 13.8 Å². The molecule has 0 fully saturated rings. The fourth-order valence-corrected chi connectivity index (χ4v) is 3.37. The second-order valence-electron chi connectivity index (χ2n) is 6.28. The molecule has 3 rings (SSSR count). The number of hydrogen-bond acceptors (Lipinski definition) is 5. The fourth-order valence-electron chi connectivity index (χ4n) is 2.53. The van der Waals surface area contributed by atoms with Crippen molar-refractivity contribution < 1.29 is 4.79 Å². The van der Waals surface area contributed by atoms with E-state index in [1.165, 1.54) is 5.56 Å². The fraction of sp³-hybridized carbons (Fsp3) is 0.263. The Hall–Kier alpha value is -2.67. The van der Waals surface area contributed by atoms with Gasteiger partial charge >= 0.3 is 0 Å². The van der Waals surface area contributed by atoms with E-state index < -0.39 is 0 Å². The summed E-state index contributed by atoms with van der Waals surface area (Å²) in [5, 5.41) is 12.9. The number of carbonyl (C=O) groups is 1.